The van der Waals surface area contributed by atoms with Crippen molar-refractivity contribution >= 4 is 17.3 Å². The zero-order valence-electron chi connectivity index (χ0n) is 9.78. The van der Waals surface area contributed by atoms with E-state index < -0.39 is 0 Å². The van der Waals surface area contributed by atoms with Gasteiger partial charge in [-0.25, -0.2) is 0 Å². The molecule has 16 heavy (non-hydrogen) atoms. The van der Waals surface area contributed by atoms with Crippen LogP contribution in [-0.2, 0) is 6.54 Å². The molecule has 0 aromatic heterocycles. The molecule has 90 valence electrons. The monoisotopic (exact) mass is 242 g/mol. The van der Waals surface area contributed by atoms with E-state index in [-0.39, 0.29) is 6.10 Å². The van der Waals surface area contributed by atoms with Crippen LogP contribution >= 0.6 is 11.6 Å². The maximum Gasteiger partial charge on any atom is 0.0524 e. The maximum atomic E-state index is 9.19. The Balaban J connectivity index is 2.55. The van der Waals surface area contributed by atoms with Gasteiger partial charge >= 0.3 is 0 Å². The van der Waals surface area contributed by atoms with E-state index in [0.29, 0.717) is 5.02 Å². The van der Waals surface area contributed by atoms with Crippen LogP contribution in [0.15, 0.2) is 18.2 Å². The van der Waals surface area contributed by atoms with Crippen molar-refractivity contribution in [3.8, 4) is 0 Å². The average Bonchev–Trinajstić information content (AvgIpc) is 2.20. The molecule has 0 spiro atoms. The lowest BCUT2D eigenvalue weighted by molar-refractivity contribution is 0.163. The largest absolute Gasteiger partial charge is 0.398 e. The van der Waals surface area contributed by atoms with Gasteiger partial charge in [-0.15, -0.1) is 0 Å². The van der Waals surface area contributed by atoms with Gasteiger partial charge in [-0.05, 0) is 44.2 Å². The third-order valence-corrected chi connectivity index (χ3v) is 2.71. The average molecular weight is 243 g/mol. The lowest BCUT2D eigenvalue weighted by atomic mass is 10.1. The summed E-state index contributed by atoms with van der Waals surface area (Å²) < 4.78 is 0. The van der Waals surface area contributed by atoms with Gasteiger partial charge in [0.2, 0.25) is 0 Å². The lowest BCUT2D eigenvalue weighted by Crippen LogP contribution is -2.22. The summed E-state index contributed by atoms with van der Waals surface area (Å²) in [6.07, 6.45) is 0.496. The van der Waals surface area contributed by atoms with Crippen LogP contribution in [-0.4, -0.2) is 29.7 Å². The smallest absolute Gasteiger partial charge is 0.0524 e. The lowest BCUT2D eigenvalue weighted by Gasteiger charge is -2.18. The number of aliphatic hydroxyl groups is 1. The van der Waals surface area contributed by atoms with Crippen LogP contribution in [0.2, 0.25) is 5.02 Å². The Bertz CT molecular complexity index is 342. The van der Waals surface area contributed by atoms with Crippen LogP contribution in [0.1, 0.15) is 18.9 Å². The van der Waals surface area contributed by atoms with E-state index in [1.807, 2.05) is 19.2 Å². The molecule has 0 heterocycles. The van der Waals surface area contributed by atoms with Gasteiger partial charge in [-0.2, -0.15) is 0 Å². The number of nitrogens with zero attached hydrogens (tertiary/aromatic N) is 1. The molecule has 1 unspecified atom stereocenters. The number of anilines is 1. The quantitative estimate of drug-likeness (QED) is 0.778. The summed E-state index contributed by atoms with van der Waals surface area (Å²) in [5.74, 6) is 0. The fourth-order valence-corrected chi connectivity index (χ4v) is 1.68. The second-order valence-corrected chi connectivity index (χ2v) is 4.66. The van der Waals surface area contributed by atoms with Gasteiger partial charge in [0.25, 0.3) is 0 Å². The van der Waals surface area contributed by atoms with Crippen molar-refractivity contribution in [3.05, 3.63) is 28.8 Å². The van der Waals surface area contributed by atoms with Crippen LogP contribution in [0, 0.1) is 0 Å². The molecule has 0 saturated carbocycles. The van der Waals surface area contributed by atoms with Gasteiger partial charge in [0.15, 0.2) is 0 Å². The molecule has 0 saturated heterocycles. The Hall–Kier alpha value is -0.770. The van der Waals surface area contributed by atoms with Crippen molar-refractivity contribution in [2.45, 2.75) is 26.0 Å². The third kappa shape index (κ3) is 4.39. The predicted octanol–water partition coefficient (Wildman–Crippen LogP) is 2.12. The normalized spacial score (nSPS) is 13.1. The van der Waals surface area contributed by atoms with E-state index >= 15 is 0 Å². The van der Waals surface area contributed by atoms with E-state index in [9.17, 15) is 5.11 Å². The Morgan fingerprint density at radius 2 is 2.19 bits per heavy atom. The van der Waals surface area contributed by atoms with Crippen molar-refractivity contribution in [1.29, 1.82) is 0 Å². The van der Waals surface area contributed by atoms with Gasteiger partial charge < -0.3 is 15.7 Å². The van der Waals surface area contributed by atoms with Crippen LogP contribution in [0.4, 0.5) is 5.69 Å². The Labute approximate surface area is 102 Å². The highest BCUT2D eigenvalue weighted by Gasteiger charge is 2.05. The first-order valence-electron chi connectivity index (χ1n) is 5.39. The van der Waals surface area contributed by atoms with Crippen LogP contribution in [0.3, 0.4) is 0 Å². The number of hydrogen-bond donors (Lipinski definition) is 2. The fraction of sp³-hybridized carbons (Fsp3) is 0.500. The van der Waals surface area contributed by atoms with Crippen LogP contribution < -0.4 is 5.73 Å². The highest BCUT2D eigenvalue weighted by Crippen LogP contribution is 2.19. The SMILES string of the molecule is CC(O)CCN(C)Cc1cc(Cl)ccc1N. The van der Waals surface area contributed by atoms with Gasteiger partial charge in [-0.3, -0.25) is 0 Å². The number of aliphatic hydroxyl groups excluding tert-OH is 1. The second-order valence-electron chi connectivity index (χ2n) is 4.22. The summed E-state index contributed by atoms with van der Waals surface area (Å²) in [7, 11) is 2.00. The number of nitrogens with two attached hydrogens (primary N) is 1. The zero-order chi connectivity index (χ0) is 12.1. The van der Waals surface area contributed by atoms with E-state index in [1.165, 1.54) is 0 Å². The molecule has 0 aliphatic heterocycles. The minimum absolute atomic E-state index is 0.265. The van der Waals surface area contributed by atoms with E-state index in [2.05, 4.69) is 4.90 Å². The second kappa shape index (κ2) is 6.09. The molecule has 0 aliphatic rings. The standard InChI is InChI=1S/C12H19ClN2O/c1-9(16)5-6-15(2)8-10-7-11(13)3-4-12(10)14/h3-4,7,9,16H,5-6,8,14H2,1-2H3. The molecule has 0 radical (unpaired) electrons. The molecule has 1 aromatic carbocycles. The maximum absolute atomic E-state index is 9.19. The molecular weight excluding hydrogens is 224 g/mol. The number of rotatable bonds is 5. The zero-order valence-corrected chi connectivity index (χ0v) is 10.5. The molecule has 4 heteroatoms. The van der Waals surface area contributed by atoms with Gasteiger partial charge in [0.05, 0.1) is 6.10 Å². The van der Waals surface area contributed by atoms with Gasteiger partial charge in [0.1, 0.15) is 0 Å². The topological polar surface area (TPSA) is 49.5 Å². The number of benzene rings is 1. The molecule has 3 N–H and O–H groups in total. The van der Waals surface area contributed by atoms with Crippen molar-refractivity contribution in [3.63, 3.8) is 0 Å². The predicted molar refractivity (Wildman–Crippen MR) is 68.5 cm³/mol. The van der Waals surface area contributed by atoms with E-state index in [1.54, 1.807) is 13.0 Å². The number of nitrogen functional groups attached to an aromatic ring is 1. The van der Waals surface area contributed by atoms with E-state index in [0.717, 1.165) is 30.8 Å². The molecule has 1 atom stereocenters. The summed E-state index contributed by atoms with van der Waals surface area (Å²) in [6, 6.07) is 5.49. The van der Waals surface area contributed by atoms with Crippen molar-refractivity contribution in [1.82, 2.24) is 4.90 Å². The minimum Gasteiger partial charge on any atom is -0.398 e. The Morgan fingerprint density at radius 3 is 2.81 bits per heavy atom. The van der Waals surface area contributed by atoms with E-state index in [4.69, 9.17) is 17.3 Å². The first-order valence-corrected chi connectivity index (χ1v) is 5.77. The fourth-order valence-electron chi connectivity index (χ4n) is 1.49. The Morgan fingerprint density at radius 1 is 1.50 bits per heavy atom. The first-order chi connectivity index (χ1) is 7.49. The summed E-state index contributed by atoms with van der Waals surface area (Å²) in [5, 5.41) is 9.90. The Kier molecular flexibility index (Phi) is 5.06. The summed E-state index contributed by atoms with van der Waals surface area (Å²) in [4.78, 5) is 2.12. The molecule has 1 rings (SSSR count). The van der Waals surface area contributed by atoms with Gasteiger partial charge in [0, 0.05) is 23.8 Å². The molecule has 0 bridgehead atoms. The summed E-state index contributed by atoms with van der Waals surface area (Å²) >= 11 is 5.91. The third-order valence-electron chi connectivity index (χ3n) is 2.47. The molecular formula is C12H19ClN2O. The minimum atomic E-state index is -0.265. The van der Waals surface area contributed by atoms with Crippen molar-refractivity contribution in [2.24, 2.45) is 0 Å². The first kappa shape index (κ1) is 13.3. The molecule has 0 amide bonds. The highest BCUT2D eigenvalue weighted by atomic mass is 35.5. The summed E-state index contributed by atoms with van der Waals surface area (Å²) in [5.41, 5.74) is 7.65. The van der Waals surface area contributed by atoms with Crippen molar-refractivity contribution < 1.29 is 5.11 Å². The van der Waals surface area contributed by atoms with Crippen LogP contribution in [0.25, 0.3) is 0 Å². The molecule has 3 nitrogen and oxygen atoms in total. The molecule has 1 aromatic rings. The molecule has 0 fully saturated rings. The van der Waals surface area contributed by atoms with Gasteiger partial charge in [-0.1, -0.05) is 11.6 Å². The van der Waals surface area contributed by atoms with Crippen molar-refractivity contribution in [2.75, 3.05) is 19.3 Å². The number of halogens is 1. The molecule has 0 aliphatic carbocycles. The highest BCUT2D eigenvalue weighted by molar-refractivity contribution is 6.30. The van der Waals surface area contributed by atoms with Crippen LogP contribution in [0.5, 0.6) is 0 Å². The summed E-state index contributed by atoms with van der Waals surface area (Å²) in [6.45, 7) is 3.38. The number of hydrogen-bond acceptors (Lipinski definition) is 3.